The molecule has 2 atom stereocenters. The largest absolute Gasteiger partial charge is 0.295 e. The van der Waals surface area contributed by atoms with Gasteiger partial charge in [0, 0.05) is 30.7 Å². The number of nitrogens with zero attached hydrogens (tertiary/aromatic N) is 2. The third kappa shape index (κ3) is 8.93. The number of ketones is 2. The molecule has 52 heavy (non-hydrogen) atoms. The van der Waals surface area contributed by atoms with Crippen molar-refractivity contribution in [2.45, 2.75) is 75.3 Å². The zero-order valence-electron chi connectivity index (χ0n) is 30.1. The third-order valence-corrected chi connectivity index (χ3v) is 13.2. The quantitative estimate of drug-likeness (QED) is 0.163. The maximum atomic E-state index is 13.4. The molecule has 0 fully saturated rings. The van der Waals surface area contributed by atoms with E-state index in [0.717, 1.165) is 28.7 Å². The van der Waals surface area contributed by atoms with Crippen molar-refractivity contribution in [3.05, 3.63) is 155 Å². The highest BCUT2D eigenvalue weighted by molar-refractivity contribution is 7.89. The second kappa shape index (κ2) is 16.9. The first-order valence-electron chi connectivity index (χ1n) is 17.5. The minimum atomic E-state index is -3.72. The highest BCUT2D eigenvalue weighted by Gasteiger charge is 2.37. The van der Waals surface area contributed by atoms with E-state index in [1.807, 2.05) is 93.6 Å². The summed E-state index contributed by atoms with van der Waals surface area (Å²) in [7, 11) is -7.42. The molecule has 8 nitrogen and oxygen atoms in total. The van der Waals surface area contributed by atoms with Gasteiger partial charge in [-0.1, -0.05) is 115 Å². The Morgan fingerprint density at radius 3 is 1.37 bits per heavy atom. The summed E-state index contributed by atoms with van der Waals surface area (Å²) in [5.74, 6) is -0.0521. The molecule has 0 aromatic heterocycles. The van der Waals surface area contributed by atoms with Crippen molar-refractivity contribution in [1.29, 1.82) is 0 Å². The summed E-state index contributed by atoms with van der Waals surface area (Å²) in [6.07, 6.45) is 5.96. The zero-order chi connectivity index (χ0) is 37.5. The second-order valence-corrected chi connectivity index (χ2v) is 17.0. The van der Waals surface area contributed by atoms with Crippen LogP contribution in [0.1, 0.15) is 73.9 Å². The van der Waals surface area contributed by atoms with E-state index in [-0.39, 0.29) is 46.5 Å². The summed E-state index contributed by atoms with van der Waals surface area (Å²) in [5.41, 5.74) is 5.01. The van der Waals surface area contributed by atoms with Gasteiger partial charge in [-0.25, -0.2) is 16.8 Å². The maximum Gasteiger partial charge on any atom is 0.243 e. The predicted octanol–water partition coefficient (Wildman–Crippen LogP) is 8.07. The average Bonchev–Trinajstić information content (AvgIpc) is 3.15. The molecule has 0 spiro atoms. The van der Waals surface area contributed by atoms with Crippen molar-refractivity contribution >= 4 is 31.6 Å². The molecule has 0 saturated carbocycles. The van der Waals surface area contributed by atoms with Crippen molar-refractivity contribution < 1.29 is 26.4 Å². The molecule has 272 valence electrons. The van der Waals surface area contributed by atoms with Gasteiger partial charge in [0.05, 0.1) is 21.9 Å². The molecule has 2 heterocycles. The minimum absolute atomic E-state index is 0.0353. The van der Waals surface area contributed by atoms with Gasteiger partial charge in [0.2, 0.25) is 20.0 Å². The molecular formula is C42H46N2O6S2. The first-order chi connectivity index (χ1) is 24.8. The number of benzene rings is 4. The Balaban J connectivity index is 0.000000202. The number of carbonyl (C=O) groups is 2. The van der Waals surface area contributed by atoms with E-state index in [9.17, 15) is 26.4 Å². The number of rotatable bonds is 10. The summed E-state index contributed by atoms with van der Waals surface area (Å²) in [5, 5.41) is 0. The summed E-state index contributed by atoms with van der Waals surface area (Å²) >= 11 is 0. The Bertz CT molecular complexity index is 2140. The lowest BCUT2D eigenvalue weighted by Crippen LogP contribution is -2.39. The molecule has 0 bridgehead atoms. The molecule has 10 heteroatoms. The van der Waals surface area contributed by atoms with Crippen molar-refractivity contribution in [1.82, 2.24) is 8.61 Å². The molecule has 6 rings (SSSR count). The van der Waals surface area contributed by atoms with E-state index in [1.54, 1.807) is 48.5 Å². The highest BCUT2D eigenvalue weighted by atomic mass is 32.2. The van der Waals surface area contributed by atoms with Gasteiger partial charge in [-0.3, -0.25) is 9.59 Å². The van der Waals surface area contributed by atoms with Crippen molar-refractivity contribution in [2.24, 2.45) is 0 Å². The van der Waals surface area contributed by atoms with Crippen LogP contribution in [0, 0.1) is 13.8 Å². The van der Waals surface area contributed by atoms with E-state index >= 15 is 0 Å². The van der Waals surface area contributed by atoms with Crippen LogP contribution in [0.4, 0.5) is 0 Å². The minimum Gasteiger partial charge on any atom is -0.295 e. The van der Waals surface area contributed by atoms with Crippen LogP contribution in [-0.2, 0) is 29.6 Å². The van der Waals surface area contributed by atoms with Gasteiger partial charge < -0.3 is 0 Å². The first kappa shape index (κ1) is 38.7. The van der Waals surface area contributed by atoms with Crippen LogP contribution in [0.2, 0.25) is 0 Å². The molecule has 4 aromatic carbocycles. The monoisotopic (exact) mass is 738 g/mol. The van der Waals surface area contributed by atoms with Crippen LogP contribution in [0.3, 0.4) is 0 Å². The molecule has 4 aromatic rings. The molecule has 0 amide bonds. The van der Waals surface area contributed by atoms with Crippen LogP contribution in [0.15, 0.2) is 142 Å². The topological polar surface area (TPSA) is 109 Å². The fraction of sp³-hybridized carbons (Fsp3) is 0.286. The van der Waals surface area contributed by atoms with E-state index in [4.69, 9.17) is 0 Å². The number of hydrogen-bond donors (Lipinski definition) is 0. The fourth-order valence-electron chi connectivity index (χ4n) is 6.42. The lowest BCUT2D eigenvalue weighted by Gasteiger charge is -2.34. The molecule has 0 aliphatic carbocycles. The Morgan fingerprint density at radius 2 is 0.981 bits per heavy atom. The Kier molecular flexibility index (Phi) is 12.6. The summed E-state index contributed by atoms with van der Waals surface area (Å²) in [6, 6.07) is 32.2. The lowest BCUT2D eigenvalue weighted by atomic mass is 9.95. The number of hydrogen-bond acceptors (Lipinski definition) is 6. The van der Waals surface area contributed by atoms with Gasteiger partial charge in [-0.2, -0.15) is 8.61 Å². The van der Waals surface area contributed by atoms with E-state index in [1.165, 1.54) is 15.5 Å². The molecule has 2 aliphatic heterocycles. The van der Waals surface area contributed by atoms with Gasteiger partial charge in [0.1, 0.15) is 0 Å². The van der Waals surface area contributed by atoms with Crippen molar-refractivity contribution in [2.75, 3.05) is 13.1 Å². The number of sulfonamides is 2. The lowest BCUT2D eigenvalue weighted by molar-refractivity contribution is -0.116. The molecule has 2 unspecified atom stereocenters. The van der Waals surface area contributed by atoms with Gasteiger partial charge in [-0.15, -0.1) is 0 Å². The number of carbonyl (C=O) groups excluding carboxylic acids is 2. The van der Waals surface area contributed by atoms with Crippen molar-refractivity contribution in [3.63, 3.8) is 0 Å². The number of aryl methyl sites for hydroxylation is 2. The normalized spacial score (nSPS) is 18.4. The SMILES string of the molecule is CC(=O)C1=CCC(c2ccccc2)N(S(=O)(=O)c2ccc(C)cc2)C1.CCCC(=O)C1=CCC(c2ccccc2)N(S(=O)(=O)c2ccc(C)cc2)C1. The van der Waals surface area contributed by atoms with Crippen LogP contribution in [-0.4, -0.2) is 50.1 Å². The molecular weight excluding hydrogens is 693 g/mol. The smallest absolute Gasteiger partial charge is 0.243 e. The summed E-state index contributed by atoms with van der Waals surface area (Å²) in [6.45, 7) is 7.49. The first-order valence-corrected chi connectivity index (χ1v) is 20.4. The molecule has 2 aliphatic rings. The van der Waals surface area contributed by atoms with E-state index in [0.29, 0.717) is 30.4 Å². The Morgan fingerprint density at radius 1 is 0.596 bits per heavy atom. The average molecular weight is 739 g/mol. The molecule has 0 N–H and O–H groups in total. The summed E-state index contributed by atoms with van der Waals surface area (Å²) in [4.78, 5) is 24.7. The van der Waals surface area contributed by atoms with Crippen molar-refractivity contribution in [3.8, 4) is 0 Å². The Hall–Kier alpha value is -4.48. The zero-order valence-corrected chi connectivity index (χ0v) is 31.7. The highest BCUT2D eigenvalue weighted by Crippen LogP contribution is 2.37. The van der Waals surface area contributed by atoms with Crippen LogP contribution >= 0.6 is 0 Å². The van der Waals surface area contributed by atoms with E-state index in [2.05, 4.69) is 0 Å². The van der Waals surface area contributed by atoms with Crippen LogP contribution in [0.5, 0.6) is 0 Å². The fourth-order valence-corrected chi connectivity index (χ4v) is 9.63. The van der Waals surface area contributed by atoms with Crippen LogP contribution < -0.4 is 0 Å². The van der Waals surface area contributed by atoms with Gasteiger partial charge >= 0.3 is 0 Å². The second-order valence-electron chi connectivity index (χ2n) is 13.2. The third-order valence-electron chi connectivity index (χ3n) is 9.43. The standard InChI is InChI=1S/C22H25NO3S.C20H21NO3S/c1-3-7-22(24)19-12-15-21(18-8-5-4-6-9-18)23(16-19)27(25,26)20-13-10-17(2)11-14-20;1-15-8-11-19(12-9-15)25(23,24)21-14-18(16(2)22)10-13-20(21)17-6-4-3-5-7-17/h4-6,8-14,21H,3,7,15-16H2,1-2H3;3-12,20H,13-14H2,1-2H3. The predicted molar refractivity (Wildman–Crippen MR) is 205 cm³/mol. The summed E-state index contributed by atoms with van der Waals surface area (Å²) < 4.78 is 56.2. The van der Waals surface area contributed by atoms with E-state index < -0.39 is 20.0 Å². The molecule has 0 radical (unpaired) electrons. The van der Waals surface area contributed by atoms with Gasteiger partial charge in [0.15, 0.2) is 11.6 Å². The van der Waals surface area contributed by atoms with Gasteiger partial charge in [0.25, 0.3) is 0 Å². The number of Topliss-reactive ketones (excluding diaryl/α,β-unsaturated/α-hetero) is 2. The van der Waals surface area contributed by atoms with Crippen LogP contribution in [0.25, 0.3) is 0 Å². The van der Waals surface area contributed by atoms with Gasteiger partial charge in [-0.05, 0) is 75.4 Å². The molecule has 0 saturated heterocycles. The Labute approximate surface area is 308 Å². The maximum absolute atomic E-state index is 13.4.